The molecular weight excluding hydrogens is 266 g/mol. The van der Waals surface area contributed by atoms with Crippen LogP contribution in [0.25, 0.3) is 0 Å². The first-order valence-electron chi connectivity index (χ1n) is 5.88. The van der Waals surface area contributed by atoms with Gasteiger partial charge in [0.05, 0.1) is 9.75 Å². The van der Waals surface area contributed by atoms with Gasteiger partial charge in [0, 0.05) is 18.8 Å². The third kappa shape index (κ3) is 3.52. The van der Waals surface area contributed by atoms with Crippen LogP contribution in [0.5, 0.6) is 0 Å². The molecule has 0 radical (unpaired) electrons. The molecule has 1 amide bonds. The van der Waals surface area contributed by atoms with Crippen molar-refractivity contribution < 1.29 is 9.90 Å². The Bertz CT molecular complexity index is 465. The molecule has 1 saturated heterocycles. The van der Waals surface area contributed by atoms with E-state index < -0.39 is 0 Å². The molecule has 1 aromatic heterocycles. The molecule has 1 aromatic rings. The van der Waals surface area contributed by atoms with Crippen molar-refractivity contribution >= 4 is 29.0 Å². The van der Waals surface area contributed by atoms with E-state index in [2.05, 4.69) is 11.8 Å². The van der Waals surface area contributed by atoms with Crippen molar-refractivity contribution in [3.8, 4) is 11.8 Å². The van der Waals surface area contributed by atoms with E-state index in [1.54, 1.807) is 0 Å². The molecular formula is C13H15NO2S2. The van der Waals surface area contributed by atoms with Crippen LogP contribution in [0.2, 0.25) is 0 Å². The highest BCUT2D eigenvalue weighted by molar-refractivity contribution is 7.99. The van der Waals surface area contributed by atoms with Gasteiger partial charge in [-0.3, -0.25) is 4.79 Å². The molecule has 1 aliphatic rings. The van der Waals surface area contributed by atoms with E-state index in [0.29, 0.717) is 0 Å². The van der Waals surface area contributed by atoms with Crippen LogP contribution in [-0.2, 0) is 0 Å². The third-order valence-electron chi connectivity index (χ3n) is 2.62. The number of thiophene rings is 1. The summed E-state index contributed by atoms with van der Waals surface area (Å²) in [6, 6.07) is 3.67. The molecule has 18 heavy (non-hydrogen) atoms. The zero-order valence-corrected chi connectivity index (χ0v) is 11.6. The minimum Gasteiger partial charge on any atom is -0.384 e. The molecule has 96 valence electrons. The third-order valence-corrected chi connectivity index (χ3v) is 4.65. The minimum atomic E-state index is -0.148. The summed E-state index contributed by atoms with van der Waals surface area (Å²) in [5.74, 6) is 7.70. The normalized spacial score (nSPS) is 15.7. The van der Waals surface area contributed by atoms with Crippen molar-refractivity contribution in [1.29, 1.82) is 0 Å². The maximum Gasteiger partial charge on any atom is 0.263 e. The summed E-state index contributed by atoms with van der Waals surface area (Å²) in [6.45, 7) is 1.53. The summed E-state index contributed by atoms with van der Waals surface area (Å²) in [6.07, 6.45) is 1.07. The maximum absolute atomic E-state index is 12.3. The lowest BCUT2D eigenvalue weighted by Gasteiger charge is -2.18. The zero-order valence-electron chi connectivity index (χ0n) is 10.0. The summed E-state index contributed by atoms with van der Waals surface area (Å²) in [5.41, 5.74) is 0. The molecule has 1 aliphatic heterocycles. The molecule has 0 aromatic carbocycles. The lowest BCUT2D eigenvalue weighted by molar-refractivity contribution is 0.0773. The fourth-order valence-corrected chi connectivity index (χ4v) is 3.49. The van der Waals surface area contributed by atoms with Crippen molar-refractivity contribution in [1.82, 2.24) is 4.90 Å². The van der Waals surface area contributed by atoms with Crippen LogP contribution in [0.1, 0.15) is 21.0 Å². The number of aliphatic hydroxyl groups is 1. The lowest BCUT2D eigenvalue weighted by Crippen LogP contribution is -2.32. The van der Waals surface area contributed by atoms with Crippen molar-refractivity contribution in [2.45, 2.75) is 6.42 Å². The predicted octanol–water partition coefficient (Wildman–Crippen LogP) is 1.67. The van der Waals surface area contributed by atoms with Gasteiger partial charge >= 0.3 is 0 Å². The van der Waals surface area contributed by atoms with Gasteiger partial charge in [-0.1, -0.05) is 11.8 Å². The highest BCUT2D eigenvalue weighted by Gasteiger charge is 2.18. The number of aliphatic hydroxyl groups excluding tert-OH is 1. The van der Waals surface area contributed by atoms with E-state index in [1.807, 2.05) is 28.8 Å². The second-order valence-corrected chi connectivity index (χ2v) is 6.19. The summed E-state index contributed by atoms with van der Waals surface area (Å²) < 4.78 is 0. The molecule has 2 heterocycles. The maximum atomic E-state index is 12.3. The van der Waals surface area contributed by atoms with Crippen LogP contribution in [0.3, 0.4) is 0 Å². The zero-order chi connectivity index (χ0) is 12.8. The van der Waals surface area contributed by atoms with Crippen molar-refractivity contribution in [2.75, 3.05) is 31.2 Å². The molecule has 0 spiro atoms. The van der Waals surface area contributed by atoms with Gasteiger partial charge in [0.25, 0.3) is 5.91 Å². The monoisotopic (exact) mass is 281 g/mol. The van der Waals surface area contributed by atoms with Gasteiger partial charge in [-0.15, -0.1) is 11.3 Å². The molecule has 0 unspecified atom stereocenters. The summed E-state index contributed by atoms with van der Waals surface area (Å²) in [5, 5.41) is 8.63. The Kier molecular flexibility index (Phi) is 5.12. The largest absolute Gasteiger partial charge is 0.384 e. The molecule has 1 fully saturated rings. The van der Waals surface area contributed by atoms with E-state index in [9.17, 15) is 4.79 Å². The first-order valence-corrected chi connectivity index (χ1v) is 7.85. The van der Waals surface area contributed by atoms with Gasteiger partial charge < -0.3 is 10.0 Å². The second kappa shape index (κ2) is 6.83. The Morgan fingerprint density at radius 1 is 1.39 bits per heavy atom. The van der Waals surface area contributed by atoms with Crippen molar-refractivity contribution in [3.05, 3.63) is 21.9 Å². The molecule has 0 aliphatic carbocycles. The minimum absolute atomic E-state index is 0.111. The Hall–Kier alpha value is -0.960. The summed E-state index contributed by atoms with van der Waals surface area (Å²) >= 11 is 3.31. The number of nitrogens with zero attached hydrogens (tertiary/aromatic N) is 1. The van der Waals surface area contributed by atoms with Crippen molar-refractivity contribution in [2.24, 2.45) is 0 Å². The Balaban J connectivity index is 2.05. The van der Waals surface area contributed by atoms with E-state index in [-0.39, 0.29) is 12.5 Å². The lowest BCUT2D eigenvalue weighted by atomic mass is 10.3. The number of hydrogen-bond donors (Lipinski definition) is 1. The highest BCUT2D eigenvalue weighted by atomic mass is 32.2. The van der Waals surface area contributed by atoms with E-state index >= 15 is 0 Å². The molecule has 1 N–H and O–H groups in total. The number of thioether (sulfide) groups is 1. The highest BCUT2D eigenvalue weighted by Crippen LogP contribution is 2.19. The second-order valence-electron chi connectivity index (χ2n) is 3.88. The van der Waals surface area contributed by atoms with Gasteiger partial charge in [-0.05, 0) is 24.3 Å². The number of rotatable bonds is 1. The van der Waals surface area contributed by atoms with Crippen molar-refractivity contribution in [3.63, 3.8) is 0 Å². The van der Waals surface area contributed by atoms with Crippen LogP contribution in [0.15, 0.2) is 12.1 Å². The standard InChI is InChI=1S/C13H15NO2S2/c15-8-1-3-11-4-5-12(18-11)13(16)14-6-2-9-17-10-7-14/h4-5,15H,2,6-10H2. The smallest absolute Gasteiger partial charge is 0.263 e. The topological polar surface area (TPSA) is 40.5 Å². The first-order chi connectivity index (χ1) is 8.81. The molecule has 5 heteroatoms. The Labute approximate surface area is 115 Å². The predicted molar refractivity (Wildman–Crippen MR) is 76.1 cm³/mol. The van der Waals surface area contributed by atoms with Gasteiger partial charge in [-0.2, -0.15) is 11.8 Å². The van der Waals surface area contributed by atoms with Crippen LogP contribution >= 0.6 is 23.1 Å². The average molecular weight is 281 g/mol. The first kappa shape index (κ1) is 13.5. The van der Waals surface area contributed by atoms with Gasteiger partial charge in [0.2, 0.25) is 0 Å². The van der Waals surface area contributed by atoms with Gasteiger partial charge in [-0.25, -0.2) is 0 Å². The molecule has 3 nitrogen and oxygen atoms in total. The summed E-state index contributed by atoms with van der Waals surface area (Å²) in [4.78, 5) is 15.8. The quantitative estimate of drug-likeness (QED) is 0.796. The number of carbonyl (C=O) groups is 1. The molecule has 0 atom stereocenters. The average Bonchev–Trinajstić information content (AvgIpc) is 2.69. The Morgan fingerprint density at radius 2 is 2.28 bits per heavy atom. The number of hydrogen-bond acceptors (Lipinski definition) is 4. The summed E-state index contributed by atoms with van der Waals surface area (Å²) in [7, 11) is 0. The molecule has 0 saturated carbocycles. The number of carbonyl (C=O) groups excluding carboxylic acids is 1. The van der Waals surface area contributed by atoms with E-state index in [4.69, 9.17) is 5.11 Å². The van der Waals surface area contributed by atoms with Crippen LogP contribution < -0.4 is 0 Å². The van der Waals surface area contributed by atoms with Crippen LogP contribution in [-0.4, -0.2) is 47.1 Å². The number of amides is 1. The van der Waals surface area contributed by atoms with Gasteiger partial charge in [0.15, 0.2) is 0 Å². The molecule has 2 rings (SSSR count). The fourth-order valence-electron chi connectivity index (χ4n) is 1.75. The van der Waals surface area contributed by atoms with Gasteiger partial charge in [0.1, 0.15) is 6.61 Å². The SMILES string of the molecule is O=C(c1ccc(C#CCO)s1)N1CCCSCC1. The van der Waals surface area contributed by atoms with Crippen LogP contribution in [0.4, 0.5) is 0 Å². The molecule has 0 bridgehead atoms. The van der Waals surface area contributed by atoms with Crippen LogP contribution in [0, 0.1) is 11.8 Å². The Morgan fingerprint density at radius 3 is 3.11 bits per heavy atom. The fraction of sp³-hybridized carbons (Fsp3) is 0.462. The van der Waals surface area contributed by atoms with E-state index in [1.165, 1.54) is 11.3 Å². The van der Waals surface area contributed by atoms with E-state index in [0.717, 1.165) is 40.8 Å².